The van der Waals surface area contributed by atoms with Crippen molar-refractivity contribution >= 4 is 0 Å². The standard InChI is InChI=1S/C25H30/c1-3-5-19-25(22-13-8-6-9-14-22,23-15-10-7-11-16-23)24-18-17-21(20-24)12-4-2/h6-11,13-18,20,24H,3-5,12,19H2,1-2H3. The Morgan fingerprint density at radius 1 is 0.800 bits per heavy atom. The molecule has 0 heteroatoms. The summed E-state index contributed by atoms with van der Waals surface area (Å²) < 4.78 is 0. The predicted octanol–water partition coefficient (Wildman–Crippen LogP) is 7.08. The summed E-state index contributed by atoms with van der Waals surface area (Å²) in [5, 5.41) is 0. The van der Waals surface area contributed by atoms with Crippen LogP contribution in [0.15, 0.2) is 84.5 Å². The van der Waals surface area contributed by atoms with Gasteiger partial charge in [-0.2, -0.15) is 0 Å². The van der Waals surface area contributed by atoms with Gasteiger partial charge < -0.3 is 0 Å². The Morgan fingerprint density at radius 2 is 1.40 bits per heavy atom. The van der Waals surface area contributed by atoms with Crippen LogP contribution in [-0.2, 0) is 5.41 Å². The van der Waals surface area contributed by atoms with E-state index in [4.69, 9.17) is 0 Å². The molecule has 0 nitrogen and oxygen atoms in total. The van der Waals surface area contributed by atoms with Crippen LogP contribution >= 0.6 is 0 Å². The first-order valence-corrected chi connectivity index (χ1v) is 9.81. The minimum atomic E-state index is 0.0323. The van der Waals surface area contributed by atoms with Crippen LogP contribution in [0.1, 0.15) is 57.1 Å². The van der Waals surface area contributed by atoms with Gasteiger partial charge in [0.25, 0.3) is 0 Å². The number of unbranched alkanes of at least 4 members (excludes halogenated alkanes) is 1. The first kappa shape index (κ1) is 17.7. The third kappa shape index (κ3) is 3.63. The van der Waals surface area contributed by atoms with Crippen molar-refractivity contribution in [2.45, 2.75) is 51.4 Å². The third-order valence-electron chi connectivity index (χ3n) is 5.52. The zero-order valence-electron chi connectivity index (χ0n) is 15.6. The van der Waals surface area contributed by atoms with Crippen molar-refractivity contribution in [2.75, 3.05) is 0 Å². The molecule has 0 N–H and O–H groups in total. The fourth-order valence-electron chi connectivity index (χ4n) is 4.26. The molecule has 0 amide bonds. The third-order valence-corrected chi connectivity index (χ3v) is 5.52. The van der Waals surface area contributed by atoms with Gasteiger partial charge in [0.2, 0.25) is 0 Å². The molecule has 0 heterocycles. The molecule has 1 aliphatic carbocycles. The Morgan fingerprint density at radius 3 is 1.92 bits per heavy atom. The molecule has 3 rings (SSSR count). The maximum atomic E-state index is 2.53. The zero-order chi connectivity index (χ0) is 17.5. The average molecular weight is 331 g/mol. The second-order valence-corrected chi connectivity index (χ2v) is 7.18. The summed E-state index contributed by atoms with van der Waals surface area (Å²) >= 11 is 0. The molecular formula is C25H30. The Bertz CT molecular complexity index is 667. The van der Waals surface area contributed by atoms with Crippen LogP contribution in [0.5, 0.6) is 0 Å². The highest BCUT2D eigenvalue weighted by atomic mass is 14.4. The molecule has 0 saturated carbocycles. The first-order valence-electron chi connectivity index (χ1n) is 9.81. The van der Waals surface area contributed by atoms with E-state index in [9.17, 15) is 0 Å². The minimum Gasteiger partial charge on any atom is -0.0761 e. The van der Waals surface area contributed by atoms with Gasteiger partial charge in [-0.15, -0.1) is 0 Å². The van der Waals surface area contributed by atoms with E-state index in [1.807, 2.05) is 0 Å². The molecule has 0 saturated heterocycles. The highest BCUT2D eigenvalue weighted by Gasteiger charge is 2.40. The van der Waals surface area contributed by atoms with Crippen molar-refractivity contribution in [1.29, 1.82) is 0 Å². The van der Waals surface area contributed by atoms with Crippen molar-refractivity contribution in [3.63, 3.8) is 0 Å². The number of benzene rings is 2. The van der Waals surface area contributed by atoms with Crippen molar-refractivity contribution in [2.24, 2.45) is 5.92 Å². The zero-order valence-corrected chi connectivity index (χ0v) is 15.6. The smallest absolute Gasteiger partial charge is 0.0300 e. The Hall–Kier alpha value is -2.08. The molecule has 0 aliphatic heterocycles. The number of hydrogen-bond donors (Lipinski definition) is 0. The van der Waals surface area contributed by atoms with Gasteiger partial charge in [0.15, 0.2) is 0 Å². The van der Waals surface area contributed by atoms with Crippen LogP contribution in [-0.4, -0.2) is 0 Å². The molecule has 0 fully saturated rings. The SMILES string of the molecule is CCCCC(c1ccccc1)(c1ccccc1)C1C=CC(CCC)=C1. The average Bonchev–Trinajstić information content (AvgIpc) is 3.13. The molecular weight excluding hydrogens is 300 g/mol. The lowest BCUT2D eigenvalue weighted by Crippen LogP contribution is -2.34. The molecule has 0 bridgehead atoms. The second kappa shape index (κ2) is 8.34. The van der Waals surface area contributed by atoms with Gasteiger partial charge >= 0.3 is 0 Å². The maximum absolute atomic E-state index is 2.53. The van der Waals surface area contributed by atoms with Crippen molar-refractivity contribution in [3.8, 4) is 0 Å². The normalized spacial score (nSPS) is 16.9. The lowest BCUT2D eigenvalue weighted by Gasteiger charge is -2.39. The quantitative estimate of drug-likeness (QED) is 0.485. The summed E-state index contributed by atoms with van der Waals surface area (Å²) in [5.41, 5.74) is 4.42. The maximum Gasteiger partial charge on any atom is 0.0300 e. The Labute approximate surface area is 153 Å². The molecule has 25 heavy (non-hydrogen) atoms. The monoisotopic (exact) mass is 330 g/mol. The summed E-state index contributed by atoms with van der Waals surface area (Å²) in [6.45, 7) is 4.56. The predicted molar refractivity (Wildman–Crippen MR) is 109 cm³/mol. The molecule has 130 valence electrons. The molecule has 1 aliphatic rings. The van der Waals surface area contributed by atoms with E-state index in [0.29, 0.717) is 5.92 Å². The largest absolute Gasteiger partial charge is 0.0761 e. The van der Waals surface area contributed by atoms with Gasteiger partial charge in [-0.25, -0.2) is 0 Å². The summed E-state index contributed by atoms with van der Waals surface area (Å²) in [7, 11) is 0. The van der Waals surface area contributed by atoms with E-state index >= 15 is 0 Å². The fourth-order valence-corrected chi connectivity index (χ4v) is 4.26. The molecule has 0 spiro atoms. The molecule has 2 aromatic carbocycles. The number of allylic oxidation sites excluding steroid dienone is 4. The summed E-state index contributed by atoms with van der Waals surface area (Å²) in [6.07, 6.45) is 13.4. The number of hydrogen-bond acceptors (Lipinski definition) is 0. The lowest BCUT2D eigenvalue weighted by molar-refractivity contribution is 0.393. The van der Waals surface area contributed by atoms with E-state index in [1.165, 1.54) is 48.8 Å². The van der Waals surface area contributed by atoms with Gasteiger partial charge in [-0.05, 0) is 24.0 Å². The Kier molecular flexibility index (Phi) is 5.91. The van der Waals surface area contributed by atoms with Crippen molar-refractivity contribution < 1.29 is 0 Å². The van der Waals surface area contributed by atoms with Gasteiger partial charge in [0, 0.05) is 11.3 Å². The summed E-state index contributed by atoms with van der Waals surface area (Å²) in [4.78, 5) is 0. The fraction of sp³-hybridized carbons (Fsp3) is 0.360. The summed E-state index contributed by atoms with van der Waals surface area (Å²) in [5.74, 6) is 0.436. The van der Waals surface area contributed by atoms with Crippen LogP contribution in [0.25, 0.3) is 0 Å². The van der Waals surface area contributed by atoms with Crippen LogP contribution in [0.4, 0.5) is 0 Å². The summed E-state index contributed by atoms with van der Waals surface area (Å²) in [6, 6.07) is 22.3. The highest BCUT2D eigenvalue weighted by Crippen LogP contribution is 2.47. The van der Waals surface area contributed by atoms with E-state index in [1.54, 1.807) is 0 Å². The Balaban J connectivity index is 2.14. The van der Waals surface area contributed by atoms with Gasteiger partial charge in [-0.1, -0.05) is 118 Å². The second-order valence-electron chi connectivity index (χ2n) is 7.18. The van der Waals surface area contributed by atoms with E-state index in [2.05, 4.69) is 92.7 Å². The van der Waals surface area contributed by atoms with Gasteiger partial charge in [-0.3, -0.25) is 0 Å². The van der Waals surface area contributed by atoms with Crippen molar-refractivity contribution in [1.82, 2.24) is 0 Å². The van der Waals surface area contributed by atoms with Crippen LogP contribution in [0, 0.1) is 5.92 Å². The van der Waals surface area contributed by atoms with Gasteiger partial charge in [0.1, 0.15) is 0 Å². The van der Waals surface area contributed by atoms with Crippen LogP contribution in [0.2, 0.25) is 0 Å². The molecule has 2 aromatic rings. The highest BCUT2D eigenvalue weighted by molar-refractivity contribution is 5.46. The molecule has 1 atom stereocenters. The van der Waals surface area contributed by atoms with E-state index in [-0.39, 0.29) is 5.41 Å². The van der Waals surface area contributed by atoms with Crippen LogP contribution < -0.4 is 0 Å². The van der Waals surface area contributed by atoms with Crippen molar-refractivity contribution in [3.05, 3.63) is 95.6 Å². The number of rotatable bonds is 8. The molecule has 1 unspecified atom stereocenters. The van der Waals surface area contributed by atoms with E-state index in [0.717, 1.165) is 0 Å². The molecule has 0 aromatic heterocycles. The van der Waals surface area contributed by atoms with Crippen LogP contribution in [0.3, 0.4) is 0 Å². The lowest BCUT2D eigenvalue weighted by atomic mass is 9.63. The minimum absolute atomic E-state index is 0.0323. The topological polar surface area (TPSA) is 0 Å². The molecule has 0 radical (unpaired) electrons. The first-order chi connectivity index (χ1) is 12.3. The van der Waals surface area contributed by atoms with E-state index < -0.39 is 0 Å². The van der Waals surface area contributed by atoms with Gasteiger partial charge in [0.05, 0.1) is 0 Å².